The zero-order chi connectivity index (χ0) is 8.97. The van der Waals surface area contributed by atoms with Crippen LogP contribution in [0.5, 0.6) is 5.88 Å². The predicted molar refractivity (Wildman–Crippen MR) is 52.6 cm³/mol. The molecule has 1 heterocycles. The summed E-state index contributed by atoms with van der Waals surface area (Å²) in [5.74, 6) is 0.430. The van der Waals surface area contributed by atoms with E-state index in [4.69, 9.17) is 16.3 Å². The number of pyridine rings is 1. The maximum Gasteiger partial charge on any atom is 0.232 e. The van der Waals surface area contributed by atoms with Crippen molar-refractivity contribution in [3.63, 3.8) is 0 Å². The highest BCUT2D eigenvalue weighted by Crippen LogP contribution is 2.24. The summed E-state index contributed by atoms with van der Waals surface area (Å²) >= 11 is 9.06. The van der Waals surface area contributed by atoms with E-state index in [-0.39, 0.29) is 0 Å². The quantitative estimate of drug-likeness (QED) is 0.767. The Bertz CT molecular complexity index is 290. The van der Waals surface area contributed by atoms with Crippen LogP contribution < -0.4 is 4.74 Å². The lowest BCUT2D eigenvalue weighted by atomic mass is 10.5. The van der Waals surface area contributed by atoms with Gasteiger partial charge in [-0.1, -0.05) is 24.3 Å². The summed E-state index contributed by atoms with van der Waals surface area (Å²) in [4.78, 5) is 3.97. The van der Waals surface area contributed by atoms with E-state index >= 15 is 0 Å². The summed E-state index contributed by atoms with van der Waals surface area (Å²) in [6.07, 6.45) is 3.27. The minimum absolute atomic E-state index is 0.411. The van der Waals surface area contributed by atoms with E-state index in [0.717, 1.165) is 4.47 Å². The van der Waals surface area contributed by atoms with Crippen LogP contribution >= 0.6 is 27.5 Å². The number of aromatic nitrogens is 1. The third-order valence-corrected chi connectivity index (χ3v) is 1.82. The van der Waals surface area contributed by atoms with Gasteiger partial charge < -0.3 is 4.74 Å². The van der Waals surface area contributed by atoms with E-state index in [1.807, 2.05) is 0 Å². The van der Waals surface area contributed by atoms with Crippen LogP contribution in [0.15, 0.2) is 29.4 Å². The number of rotatable bonds is 3. The largest absolute Gasteiger partial charge is 0.472 e. The molecule has 12 heavy (non-hydrogen) atoms. The lowest BCUT2D eigenvalue weighted by Gasteiger charge is -2.03. The summed E-state index contributed by atoms with van der Waals surface area (Å²) in [7, 11) is 0. The van der Waals surface area contributed by atoms with Crippen molar-refractivity contribution in [3.05, 3.63) is 34.4 Å². The van der Waals surface area contributed by atoms with E-state index in [2.05, 4.69) is 27.5 Å². The van der Waals surface area contributed by atoms with Gasteiger partial charge >= 0.3 is 0 Å². The maximum atomic E-state index is 5.81. The fraction of sp³-hybridized carbons (Fsp3) is 0.125. The predicted octanol–water partition coefficient (Wildman–Crippen LogP) is 3.06. The summed E-state index contributed by atoms with van der Waals surface area (Å²) in [6.45, 7) is 3.93. The molecule has 0 radical (unpaired) electrons. The Balaban J connectivity index is 2.78. The van der Waals surface area contributed by atoms with Crippen molar-refractivity contribution in [1.29, 1.82) is 0 Å². The molecule has 0 aliphatic carbocycles. The molecule has 0 aromatic carbocycles. The van der Waals surface area contributed by atoms with Crippen molar-refractivity contribution < 1.29 is 4.74 Å². The summed E-state index contributed by atoms with van der Waals surface area (Å²) in [5, 5.41) is 0.492. The third kappa shape index (κ3) is 2.50. The van der Waals surface area contributed by atoms with Gasteiger partial charge in [0.1, 0.15) is 11.6 Å². The molecule has 0 bridgehead atoms. The van der Waals surface area contributed by atoms with Crippen LogP contribution in [0.1, 0.15) is 0 Å². The molecule has 0 aliphatic rings. The smallest absolute Gasteiger partial charge is 0.232 e. The molecule has 0 spiro atoms. The van der Waals surface area contributed by atoms with E-state index < -0.39 is 0 Å². The second-order valence-corrected chi connectivity index (χ2v) is 3.36. The first kappa shape index (κ1) is 9.55. The van der Waals surface area contributed by atoms with Gasteiger partial charge in [0.25, 0.3) is 0 Å². The molecule has 64 valence electrons. The fourth-order valence-corrected chi connectivity index (χ4v) is 1.33. The van der Waals surface area contributed by atoms with Gasteiger partial charge in [0.2, 0.25) is 5.88 Å². The summed E-state index contributed by atoms with van der Waals surface area (Å²) < 4.78 is 5.99. The Morgan fingerprint density at radius 1 is 1.75 bits per heavy atom. The first-order valence-corrected chi connectivity index (χ1v) is 4.46. The molecular weight excluding hydrogens is 241 g/mol. The Morgan fingerprint density at radius 2 is 2.50 bits per heavy atom. The van der Waals surface area contributed by atoms with Crippen LogP contribution in [0.2, 0.25) is 5.02 Å². The summed E-state index contributed by atoms with van der Waals surface area (Å²) in [5.41, 5.74) is 0. The zero-order valence-electron chi connectivity index (χ0n) is 6.26. The average Bonchev–Trinajstić information content (AvgIpc) is 2.03. The molecule has 0 aliphatic heterocycles. The molecule has 0 fully saturated rings. The lowest BCUT2D eigenvalue weighted by molar-refractivity contribution is 0.349. The average molecular weight is 249 g/mol. The molecule has 2 nitrogen and oxygen atoms in total. The molecule has 0 N–H and O–H groups in total. The zero-order valence-corrected chi connectivity index (χ0v) is 8.60. The maximum absolute atomic E-state index is 5.81. The highest BCUT2D eigenvalue weighted by Gasteiger charge is 2.01. The Hall–Kier alpha value is -0.540. The Kier molecular flexibility index (Phi) is 3.56. The van der Waals surface area contributed by atoms with E-state index in [1.54, 1.807) is 18.3 Å². The Labute approximate surface area is 84.3 Å². The minimum atomic E-state index is 0.411. The van der Waals surface area contributed by atoms with Gasteiger partial charge in [-0.15, -0.1) is 0 Å². The van der Waals surface area contributed by atoms with Crippen molar-refractivity contribution >= 4 is 27.5 Å². The number of ether oxygens (including phenoxy) is 1. The van der Waals surface area contributed by atoms with E-state index in [9.17, 15) is 0 Å². The topological polar surface area (TPSA) is 22.1 Å². The molecule has 1 aromatic heterocycles. The van der Waals surface area contributed by atoms with Gasteiger partial charge in [0.15, 0.2) is 0 Å². The molecule has 0 saturated carbocycles. The van der Waals surface area contributed by atoms with Crippen molar-refractivity contribution in [2.45, 2.75) is 0 Å². The van der Waals surface area contributed by atoms with Crippen LogP contribution in [0.25, 0.3) is 0 Å². The highest BCUT2D eigenvalue weighted by molar-refractivity contribution is 9.10. The van der Waals surface area contributed by atoms with E-state index in [0.29, 0.717) is 17.5 Å². The third-order valence-electron chi connectivity index (χ3n) is 1.11. The molecule has 0 amide bonds. The lowest BCUT2D eigenvalue weighted by Crippen LogP contribution is -1.95. The molecule has 0 unspecified atom stereocenters. The number of nitrogens with zero attached hydrogens (tertiary/aromatic N) is 1. The fourth-order valence-electron chi connectivity index (χ4n) is 0.646. The van der Waals surface area contributed by atoms with Crippen molar-refractivity contribution in [1.82, 2.24) is 4.98 Å². The summed E-state index contributed by atoms with van der Waals surface area (Å²) in [6, 6.07) is 1.73. The van der Waals surface area contributed by atoms with Crippen LogP contribution in [0.3, 0.4) is 0 Å². The standard InChI is InChI=1S/C8H7BrClNO/c1-2-3-12-8-7(10)4-6(9)5-11-8/h2,4-5H,1,3H2. The number of halogens is 2. The second kappa shape index (κ2) is 4.48. The first-order chi connectivity index (χ1) is 5.74. The van der Waals surface area contributed by atoms with Crippen LogP contribution in [0, 0.1) is 0 Å². The monoisotopic (exact) mass is 247 g/mol. The van der Waals surface area contributed by atoms with Crippen LogP contribution in [0.4, 0.5) is 0 Å². The van der Waals surface area contributed by atoms with Crippen molar-refractivity contribution in [3.8, 4) is 5.88 Å². The van der Waals surface area contributed by atoms with E-state index in [1.165, 1.54) is 0 Å². The molecule has 4 heteroatoms. The highest BCUT2D eigenvalue weighted by atomic mass is 79.9. The second-order valence-electron chi connectivity index (χ2n) is 2.04. The van der Waals surface area contributed by atoms with Crippen molar-refractivity contribution in [2.24, 2.45) is 0 Å². The van der Waals surface area contributed by atoms with Gasteiger partial charge in [-0.3, -0.25) is 0 Å². The molecule has 1 aromatic rings. The van der Waals surface area contributed by atoms with Crippen LogP contribution in [-0.2, 0) is 0 Å². The van der Waals surface area contributed by atoms with Gasteiger partial charge in [-0.05, 0) is 22.0 Å². The van der Waals surface area contributed by atoms with Gasteiger partial charge in [0, 0.05) is 10.7 Å². The molecule has 0 atom stereocenters. The van der Waals surface area contributed by atoms with Gasteiger partial charge in [-0.2, -0.15) is 0 Å². The SMILES string of the molecule is C=CCOc1ncc(Br)cc1Cl. The Morgan fingerprint density at radius 3 is 3.08 bits per heavy atom. The first-order valence-electron chi connectivity index (χ1n) is 3.29. The molecule has 0 saturated heterocycles. The normalized spacial score (nSPS) is 9.50. The number of hydrogen-bond donors (Lipinski definition) is 0. The van der Waals surface area contributed by atoms with Gasteiger partial charge in [0.05, 0.1) is 0 Å². The van der Waals surface area contributed by atoms with Crippen LogP contribution in [-0.4, -0.2) is 11.6 Å². The number of hydrogen-bond acceptors (Lipinski definition) is 2. The van der Waals surface area contributed by atoms with Crippen molar-refractivity contribution in [2.75, 3.05) is 6.61 Å². The minimum Gasteiger partial charge on any atom is -0.472 e. The molecule has 1 rings (SSSR count). The molecular formula is C8H7BrClNO. The van der Waals surface area contributed by atoms with Gasteiger partial charge in [-0.25, -0.2) is 4.98 Å².